The van der Waals surface area contributed by atoms with Crippen LogP contribution < -0.4 is 5.32 Å². The molecule has 0 bridgehead atoms. The van der Waals surface area contributed by atoms with Crippen molar-refractivity contribution in [3.63, 3.8) is 0 Å². The van der Waals surface area contributed by atoms with Crippen LogP contribution in [0.4, 0.5) is 5.69 Å². The Hall–Kier alpha value is -2.43. The van der Waals surface area contributed by atoms with Gasteiger partial charge in [-0.1, -0.05) is 6.07 Å². The Morgan fingerprint density at radius 2 is 2.18 bits per heavy atom. The van der Waals surface area contributed by atoms with Gasteiger partial charge in [-0.05, 0) is 18.2 Å². The third-order valence-corrected chi connectivity index (χ3v) is 2.24. The zero-order valence-corrected chi connectivity index (χ0v) is 9.00. The summed E-state index contributed by atoms with van der Waals surface area (Å²) < 4.78 is 0. The van der Waals surface area contributed by atoms with Crippen molar-refractivity contribution in [1.29, 1.82) is 0 Å². The van der Waals surface area contributed by atoms with Crippen molar-refractivity contribution in [2.45, 2.75) is 6.54 Å². The van der Waals surface area contributed by atoms with Gasteiger partial charge >= 0.3 is 5.97 Å². The molecule has 0 aromatic carbocycles. The third-order valence-electron chi connectivity index (χ3n) is 2.24. The maximum Gasteiger partial charge on any atom is 0.337 e. The average Bonchev–Trinajstić information content (AvgIpc) is 2.38. The van der Waals surface area contributed by atoms with E-state index in [1.54, 1.807) is 6.20 Å². The molecule has 0 fully saturated rings. The summed E-state index contributed by atoms with van der Waals surface area (Å²) in [4.78, 5) is 19.0. The van der Waals surface area contributed by atoms with Crippen molar-refractivity contribution in [1.82, 2.24) is 9.97 Å². The third kappa shape index (κ3) is 2.78. The van der Waals surface area contributed by atoms with Crippen molar-refractivity contribution >= 4 is 11.7 Å². The van der Waals surface area contributed by atoms with Gasteiger partial charge in [0.25, 0.3) is 0 Å². The number of nitrogens with zero attached hydrogens (tertiary/aromatic N) is 2. The van der Waals surface area contributed by atoms with Crippen LogP contribution in [-0.2, 0) is 6.54 Å². The zero-order valence-electron chi connectivity index (χ0n) is 9.00. The molecule has 2 aromatic heterocycles. The van der Waals surface area contributed by atoms with Gasteiger partial charge in [0.2, 0.25) is 0 Å². The topological polar surface area (TPSA) is 75.1 Å². The molecule has 5 nitrogen and oxygen atoms in total. The van der Waals surface area contributed by atoms with E-state index < -0.39 is 5.97 Å². The van der Waals surface area contributed by atoms with Gasteiger partial charge in [-0.25, -0.2) is 4.79 Å². The second-order valence-electron chi connectivity index (χ2n) is 3.40. The van der Waals surface area contributed by atoms with E-state index in [2.05, 4.69) is 15.3 Å². The highest BCUT2D eigenvalue weighted by Crippen LogP contribution is 2.13. The minimum absolute atomic E-state index is 0.205. The van der Waals surface area contributed by atoms with Crippen LogP contribution in [0.2, 0.25) is 0 Å². The highest BCUT2D eigenvalue weighted by atomic mass is 16.4. The fourth-order valence-electron chi connectivity index (χ4n) is 1.41. The van der Waals surface area contributed by atoms with Crippen LogP contribution in [0, 0.1) is 0 Å². The predicted octanol–water partition coefficient (Wildman–Crippen LogP) is 1.79. The standard InChI is InChI=1S/C12H11N3O2/c16-12(17)10-4-6-13-8-11(10)15-7-9-3-1-2-5-14-9/h1-6,8,15H,7H2,(H,16,17). The largest absolute Gasteiger partial charge is 0.478 e. The number of pyridine rings is 2. The van der Waals surface area contributed by atoms with Crippen LogP contribution in [0.1, 0.15) is 16.1 Å². The predicted molar refractivity (Wildman–Crippen MR) is 62.8 cm³/mol. The minimum Gasteiger partial charge on any atom is -0.478 e. The van der Waals surface area contributed by atoms with Gasteiger partial charge in [-0.3, -0.25) is 9.97 Å². The van der Waals surface area contributed by atoms with Crippen molar-refractivity contribution in [2.75, 3.05) is 5.32 Å². The van der Waals surface area contributed by atoms with E-state index in [1.165, 1.54) is 18.5 Å². The SMILES string of the molecule is O=C(O)c1ccncc1NCc1ccccn1. The zero-order chi connectivity index (χ0) is 12.1. The van der Waals surface area contributed by atoms with Crippen molar-refractivity contribution in [3.05, 3.63) is 54.1 Å². The molecule has 2 heterocycles. The molecule has 5 heteroatoms. The smallest absolute Gasteiger partial charge is 0.337 e. The van der Waals surface area contributed by atoms with E-state index in [4.69, 9.17) is 5.11 Å². The molecular weight excluding hydrogens is 218 g/mol. The number of carbonyl (C=O) groups is 1. The molecule has 17 heavy (non-hydrogen) atoms. The van der Waals surface area contributed by atoms with Gasteiger partial charge in [0.15, 0.2) is 0 Å². The first-order valence-corrected chi connectivity index (χ1v) is 5.08. The van der Waals surface area contributed by atoms with Gasteiger partial charge < -0.3 is 10.4 Å². The summed E-state index contributed by atoms with van der Waals surface area (Å²) in [6.07, 6.45) is 4.64. The van der Waals surface area contributed by atoms with Gasteiger partial charge in [-0.15, -0.1) is 0 Å². The summed E-state index contributed by atoms with van der Waals surface area (Å²) in [6, 6.07) is 7.04. The van der Waals surface area contributed by atoms with Crippen molar-refractivity contribution in [2.24, 2.45) is 0 Å². The van der Waals surface area contributed by atoms with Crippen LogP contribution >= 0.6 is 0 Å². The Bertz CT molecular complexity index is 514. The van der Waals surface area contributed by atoms with Crippen LogP contribution in [0.25, 0.3) is 0 Å². The fourth-order valence-corrected chi connectivity index (χ4v) is 1.41. The number of rotatable bonds is 4. The summed E-state index contributed by atoms with van der Waals surface area (Å²) in [5.41, 5.74) is 1.54. The number of nitrogens with one attached hydrogen (secondary N) is 1. The lowest BCUT2D eigenvalue weighted by molar-refractivity contribution is 0.0698. The molecule has 0 unspecified atom stereocenters. The fraction of sp³-hybridized carbons (Fsp3) is 0.0833. The minimum atomic E-state index is -0.976. The molecule has 2 N–H and O–H groups in total. The van der Waals surface area contributed by atoms with E-state index in [0.29, 0.717) is 12.2 Å². The molecule has 0 aliphatic carbocycles. The van der Waals surface area contributed by atoms with Crippen molar-refractivity contribution in [3.8, 4) is 0 Å². The summed E-state index contributed by atoms with van der Waals surface area (Å²) in [5, 5.41) is 12.0. The number of aromatic nitrogens is 2. The van der Waals surface area contributed by atoms with E-state index >= 15 is 0 Å². The summed E-state index contributed by atoms with van der Waals surface area (Å²) >= 11 is 0. The number of carboxylic acid groups (broad SMARTS) is 1. The summed E-state index contributed by atoms with van der Waals surface area (Å²) in [7, 11) is 0. The normalized spacial score (nSPS) is 9.88. The van der Waals surface area contributed by atoms with Gasteiger partial charge in [0.1, 0.15) is 0 Å². The lowest BCUT2D eigenvalue weighted by Crippen LogP contribution is -2.07. The average molecular weight is 229 g/mol. The Labute approximate surface area is 98.2 Å². The summed E-state index contributed by atoms with van der Waals surface area (Å²) in [5.74, 6) is -0.976. The molecule has 0 aliphatic rings. The molecule has 0 aliphatic heterocycles. The molecular formula is C12H11N3O2. The highest BCUT2D eigenvalue weighted by molar-refractivity contribution is 5.93. The molecule has 0 amide bonds. The number of anilines is 1. The molecule has 2 aromatic rings. The van der Waals surface area contributed by atoms with E-state index in [9.17, 15) is 4.79 Å². The monoisotopic (exact) mass is 229 g/mol. The van der Waals surface area contributed by atoms with Crippen molar-refractivity contribution < 1.29 is 9.90 Å². The van der Waals surface area contributed by atoms with Crippen LogP contribution in [0.15, 0.2) is 42.9 Å². The Morgan fingerprint density at radius 1 is 1.29 bits per heavy atom. The lowest BCUT2D eigenvalue weighted by Gasteiger charge is -2.07. The first-order valence-electron chi connectivity index (χ1n) is 5.08. The number of carboxylic acids is 1. The molecule has 0 atom stereocenters. The highest BCUT2D eigenvalue weighted by Gasteiger charge is 2.08. The first kappa shape index (κ1) is 11.1. The van der Waals surface area contributed by atoms with Gasteiger partial charge in [-0.2, -0.15) is 0 Å². The molecule has 86 valence electrons. The molecule has 2 rings (SSSR count). The second-order valence-corrected chi connectivity index (χ2v) is 3.40. The maximum atomic E-state index is 10.9. The quantitative estimate of drug-likeness (QED) is 0.835. The lowest BCUT2D eigenvalue weighted by atomic mass is 10.2. The Balaban J connectivity index is 2.12. The van der Waals surface area contributed by atoms with Gasteiger partial charge in [0.05, 0.1) is 29.7 Å². The van der Waals surface area contributed by atoms with E-state index in [-0.39, 0.29) is 5.56 Å². The molecule has 0 saturated carbocycles. The Morgan fingerprint density at radius 3 is 2.88 bits per heavy atom. The van der Waals surface area contributed by atoms with E-state index in [1.807, 2.05) is 18.2 Å². The number of aromatic carboxylic acids is 1. The number of hydrogen-bond acceptors (Lipinski definition) is 4. The molecule has 0 radical (unpaired) electrons. The van der Waals surface area contributed by atoms with Crippen LogP contribution in [-0.4, -0.2) is 21.0 Å². The summed E-state index contributed by atoms with van der Waals surface area (Å²) in [6.45, 7) is 0.465. The first-order chi connectivity index (χ1) is 8.27. The molecule has 0 spiro atoms. The van der Waals surface area contributed by atoms with Crippen LogP contribution in [0.5, 0.6) is 0 Å². The Kier molecular flexibility index (Phi) is 3.30. The van der Waals surface area contributed by atoms with E-state index in [0.717, 1.165) is 5.69 Å². The second kappa shape index (κ2) is 5.07. The van der Waals surface area contributed by atoms with Gasteiger partial charge in [0, 0.05) is 12.4 Å². The molecule has 0 saturated heterocycles. The maximum absolute atomic E-state index is 10.9. The van der Waals surface area contributed by atoms with Crippen LogP contribution in [0.3, 0.4) is 0 Å². The number of hydrogen-bond donors (Lipinski definition) is 2.